The summed E-state index contributed by atoms with van der Waals surface area (Å²) in [6.45, 7) is 5.18. The lowest BCUT2D eigenvalue weighted by Crippen LogP contribution is -2.38. The van der Waals surface area contributed by atoms with Gasteiger partial charge in [-0.05, 0) is 31.4 Å². The number of rotatable bonds is 4. The summed E-state index contributed by atoms with van der Waals surface area (Å²) in [5.41, 5.74) is 4.80. The summed E-state index contributed by atoms with van der Waals surface area (Å²) in [5.74, 6) is 1.60. The normalized spacial score (nSPS) is 17.1. The van der Waals surface area contributed by atoms with E-state index >= 15 is 0 Å². The maximum Gasteiger partial charge on any atom is 0.128 e. The van der Waals surface area contributed by atoms with Gasteiger partial charge >= 0.3 is 0 Å². The van der Waals surface area contributed by atoms with Gasteiger partial charge < -0.3 is 9.64 Å². The molecule has 1 saturated heterocycles. The fourth-order valence-corrected chi connectivity index (χ4v) is 3.53. The lowest BCUT2D eigenvalue weighted by molar-refractivity contribution is 0.318. The summed E-state index contributed by atoms with van der Waals surface area (Å²) in [6, 6.07) is 8.25. The number of benzene rings is 1. The minimum Gasteiger partial charge on any atom is -0.493 e. The lowest BCUT2D eigenvalue weighted by atomic mass is 9.86. The van der Waals surface area contributed by atoms with Gasteiger partial charge in [0.25, 0.3) is 0 Å². The van der Waals surface area contributed by atoms with Crippen LogP contribution in [0.25, 0.3) is 11.3 Å². The number of nitrogens with one attached hydrogen (secondary N) is 1. The summed E-state index contributed by atoms with van der Waals surface area (Å²) in [6.07, 6.45) is 3.52. The number of hydrogen-bond donors (Lipinski definition) is 1. The van der Waals surface area contributed by atoms with E-state index in [4.69, 9.17) is 4.74 Å². The van der Waals surface area contributed by atoms with Crippen LogP contribution in [-0.2, 0) is 0 Å². The molecule has 21 heavy (non-hydrogen) atoms. The molecule has 4 heteroatoms. The molecule has 0 saturated carbocycles. The van der Waals surface area contributed by atoms with Gasteiger partial charge in [0.2, 0.25) is 0 Å². The highest BCUT2D eigenvalue weighted by Gasteiger charge is 2.35. The van der Waals surface area contributed by atoms with Crippen LogP contribution < -0.4 is 9.64 Å². The molecule has 0 amide bonds. The van der Waals surface area contributed by atoms with Gasteiger partial charge in [-0.1, -0.05) is 19.1 Å². The first-order valence-electron chi connectivity index (χ1n) is 7.94. The Balaban J connectivity index is 1.79. The molecular weight excluding hydrogens is 262 g/mol. The Labute approximate surface area is 125 Å². The van der Waals surface area contributed by atoms with Gasteiger partial charge in [-0.15, -0.1) is 0 Å². The molecule has 0 aliphatic carbocycles. The predicted octanol–water partition coefficient (Wildman–Crippen LogP) is 3.56. The van der Waals surface area contributed by atoms with E-state index in [9.17, 15) is 0 Å². The van der Waals surface area contributed by atoms with Crippen LogP contribution in [0.4, 0.5) is 5.69 Å². The van der Waals surface area contributed by atoms with Crippen molar-refractivity contribution >= 4 is 5.69 Å². The Hall–Kier alpha value is -1.97. The third kappa shape index (κ3) is 2.01. The lowest BCUT2D eigenvalue weighted by Gasteiger charge is -2.40. The van der Waals surface area contributed by atoms with E-state index in [2.05, 4.69) is 34.2 Å². The van der Waals surface area contributed by atoms with Crippen molar-refractivity contribution < 1.29 is 4.74 Å². The van der Waals surface area contributed by atoms with Gasteiger partial charge in [-0.2, -0.15) is 5.10 Å². The van der Waals surface area contributed by atoms with E-state index in [1.807, 2.05) is 12.1 Å². The maximum absolute atomic E-state index is 5.91. The summed E-state index contributed by atoms with van der Waals surface area (Å²) < 4.78 is 5.91. The van der Waals surface area contributed by atoms with E-state index in [0.717, 1.165) is 43.1 Å². The maximum atomic E-state index is 5.91. The van der Waals surface area contributed by atoms with Gasteiger partial charge in [0.1, 0.15) is 11.4 Å². The van der Waals surface area contributed by atoms with Gasteiger partial charge in [0, 0.05) is 24.6 Å². The Bertz CT molecular complexity index is 641. The summed E-state index contributed by atoms with van der Waals surface area (Å²) in [5, 5.41) is 7.92. The predicted molar refractivity (Wildman–Crippen MR) is 84.0 cm³/mol. The highest BCUT2D eigenvalue weighted by Crippen LogP contribution is 2.47. The number of anilines is 1. The van der Waals surface area contributed by atoms with Crippen LogP contribution >= 0.6 is 0 Å². The number of aromatic amines is 1. The largest absolute Gasteiger partial charge is 0.493 e. The second kappa shape index (κ2) is 5.10. The van der Waals surface area contributed by atoms with Gasteiger partial charge in [-0.3, -0.25) is 5.10 Å². The molecule has 0 unspecified atom stereocenters. The summed E-state index contributed by atoms with van der Waals surface area (Å²) in [4.78, 5) is 2.48. The zero-order valence-electron chi connectivity index (χ0n) is 12.4. The molecule has 0 radical (unpaired) electrons. The van der Waals surface area contributed by atoms with Crippen molar-refractivity contribution in [3.8, 4) is 17.0 Å². The fourth-order valence-electron chi connectivity index (χ4n) is 3.53. The number of piperidine rings is 1. The topological polar surface area (TPSA) is 41.1 Å². The smallest absolute Gasteiger partial charge is 0.128 e. The number of fused-ring (bicyclic) bond motifs is 2. The summed E-state index contributed by atoms with van der Waals surface area (Å²) in [7, 11) is 0. The number of nitrogens with zero attached hydrogens (tertiary/aromatic N) is 2. The Morgan fingerprint density at radius 1 is 1.29 bits per heavy atom. The average Bonchev–Trinajstić information content (AvgIpc) is 3.01. The molecule has 4 heterocycles. The average molecular weight is 283 g/mol. The molecule has 1 fully saturated rings. The fraction of sp³-hybridized carbons (Fsp3) is 0.471. The standard InChI is InChI=1S/C17H21N3O/c1-2-11-21-14-6-4-3-5-13(14)16-17-15(18-19-16)12-7-9-20(17)10-8-12/h3-6,12H,2,7-11H2,1H3,(H,18,19). The van der Waals surface area contributed by atoms with E-state index in [0.29, 0.717) is 5.92 Å². The number of para-hydroxylation sites is 1. The minimum absolute atomic E-state index is 0.662. The number of ether oxygens (including phenoxy) is 1. The first-order valence-corrected chi connectivity index (χ1v) is 7.94. The Morgan fingerprint density at radius 2 is 2.10 bits per heavy atom. The molecule has 110 valence electrons. The third-order valence-corrected chi connectivity index (χ3v) is 4.59. The molecule has 0 atom stereocenters. The molecule has 3 aliphatic rings. The zero-order chi connectivity index (χ0) is 14.2. The van der Waals surface area contributed by atoms with Crippen molar-refractivity contribution in [2.24, 2.45) is 0 Å². The van der Waals surface area contributed by atoms with Gasteiger partial charge in [0.15, 0.2) is 0 Å². The summed E-state index contributed by atoms with van der Waals surface area (Å²) >= 11 is 0. The molecule has 2 bridgehead atoms. The van der Waals surface area contributed by atoms with Crippen molar-refractivity contribution in [3.05, 3.63) is 30.0 Å². The quantitative estimate of drug-likeness (QED) is 0.932. The molecule has 1 aromatic carbocycles. The number of H-pyrrole nitrogens is 1. The molecule has 1 N–H and O–H groups in total. The first kappa shape index (κ1) is 12.7. The van der Waals surface area contributed by atoms with Crippen LogP contribution in [0.5, 0.6) is 5.75 Å². The highest BCUT2D eigenvalue weighted by atomic mass is 16.5. The Kier molecular flexibility index (Phi) is 3.09. The van der Waals surface area contributed by atoms with Crippen molar-refractivity contribution in [1.82, 2.24) is 10.2 Å². The van der Waals surface area contributed by atoms with E-state index in [1.54, 1.807) is 0 Å². The minimum atomic E-state index is 0.662. The molecule has 2 aromatic rings. The van der Waals surface area contributed by atoms with Crippen LogP contribution in [0.2, 0.25) is 0 Å². The van der Waals surface area contributed by atoms with Crippen molar-refractivity contribution in [1.29, 1.82) is 0 Å². The van der Waals surface area contributed by atoms with E-state index < -0.39 is 0 Å². The molecule has 0 spiro atoms. The number of hydrogen-bond acceptors (Lipinski definition) is 3. The van der Waals surface area contributed by atoms with Crippen molar-refractivity contribution in [2.75, 3.05) is 24.6 Å². The second-order valence-corrected chi connectivity index (χ2v) is 5.94. The van der Waals surface area contributed by atoms with Crippen LogP contribution in [-0.4, -0.2) is 29.9 Å². The molecule has 4 nitrogen and oxygen atoms in total. The van der Waals surface area contributed by atoms with Crippen LogP contribution in [0, 0.1) is 0 Å². The third-order valence-electron chi connectivity index (χ3n) is 4.59. The van der Waals surface area contributed by atoms with E-state index in [-0.39, 0.29) is 0 Å². The van der Waals surface area contributed by atoms with Gasteiger partial charge in [-0.25, -0.2) is 0 Å². The van der Waals surface area contributed by atoms with Crippen LogP contribution in [0.3, 0.4) is 0 Å². The molecular formula is C17H21N3O. The van der Waals surface area contributed by atoms with Crippen molar-refractivity contribution in [3.63, 3.8) is 0 Å². The van der Waals surface area contributed by atoms with Gasteiger partial charge in [0.05, 0.1) is 18.0 Å². The van der Waals surface area contributed by atoms with Crippen molar-refractivity contribution in [2.45, 2.75) is 32.1 Å². The van der Waals surface area contributed by atoms with E-state index in [1.165, 1.54) is 24.2 Å². The number of aromatic nitrogens is 2. The first-order chi connectivity index (χ1) is 10.4. The highest BCUT2D eigenvalue weighted by molar-refractivity contribution is 5.82. The second-order valence-electron chi connectivity index (χ2n) is 5.94. The molecule has 5 rings (SSSR count). The molecule has 3 aliphatic heterocycles. The van der Waals surface area contributed by atoms with Crippen LogP contribution in [0.15, 0.2) is 24.3 Å². The zero-order valence-corrected chi connectivity index (χ0v) is 12.4. The molecule has 1 aromatic heterocycles. The monoisotopic (exact) mass is 283 g/mol. The SMILES string of the molecule is CCCOc1ccccc1-c1n[nH]c2c1N1CCC2CC1. The van der Waals surface area contributed by atoms with Crippen LogP contribution in [0.1, 0.15) is 37.8 Å². The Morgan fingerprint density at radius 3 is 2.90 bits per heavy atom.